The van der Waals surface area contributed by atoms with Crippen molar-refractivity contribution in [1.82, 2.24) is 4.90 Å². The average Bonchev–Trinajstić information content (AvgIpc) is 3.28. The van der Waals surface area contributed by atoms with Crippen molar-refractivity contribution >= 4 is 74.1 Å². The molecule has 0 aromatic heterocycles. The normalized spacial score (nSPS) is 24.6. The van der Waals surface area contributed by atoms with E-state index in [1.54, 1.807) is 6.08 Å². The lowest BCUT2D eigenvalue weighted by molar-refractivity contribution is -0.115. The summed E-state index contributed by atoms with van der Waals surface area (Å²) in [6, 6.07) is 3.89. The Bertz CT molecular complexity index is 1850. The second-order valence-corrected chi connectivity index (χ2v) is 15.6. The third-order valence-corrected chi connectivity index (χ3v) is 11.8. The summed E-state index contributed by atoms with van der Waals surface area (Å²) in [4.78, 5) is 48.6. The minimum atomic E-state index is -0.534. The number of carbonyl (C=O) groups is 3. The molecule has 1 aromatic rings. The van der Waals surface area contributed by atoms with E-state index in [-0.39, 0.29) is 67.4 Å². The Morgan fingerprint density at radius 1 is 0.958 bits per heavy atom. The molecule has 0 spiro atoms. The van der Waals surface area contributed by atoms with Gasteiger partial charge in [-0.1, -0.05) is 51.2 Å². The van der Waals surface area contributed by atoms with Crippen LogP contribution in [0.1, 0.15) is 52.7 Å². The molecule has 2 amide bonds. The van der Waals surface area contributed by atoms with Crippen LogP contribution in [0.25, 0.3) is 5.57 Å². The number of fused-ring (bicyclic) bond motifs is 2. The number of likely N-dealkylation sites (N-methyl/N-ethyl adjacent to an activating group) is 2. The molecule has 0 saturated carbocycles. The molecule has 5 rings (SSSR count). The van der Waals surface area contributed by atoms with Gasteiger partial charge in [0.05, 0.1) is 34.1 Å². The molecule has 254 valence electrons. The number of nitrogens with two attached hydrogens (primary N) is 2. The van der Waals surface area contributed by atoms with Crippen molar-refractivity contribution in [3.8, 4) is 0 Å². The molecule has 14 heteroatoms. The zero-order valence-corrected chi connectivity index (χ0v) is 30.0. The fourth-order valence-corrected chi connectivity index (χ4v) is 7.46. The van der Waals surface area contributed by atoms with Gasteiger partial charge >= 0.3 is 0 Å². The maximum Gasteiger partial charge on any atom is 0.256 e. The Balaban J connectivity index is 1.69. The van der Waals surface area contributed by atoms with Gasteiger partial charge in [-0.2, -0.15) is 0 Å². The summed E-state index contributed by atoms with van der Waals surface area (Å²) in [5.74, 6) is -1.90. The first-order chi connectivity index (χ1) is 22.3. The number of aliphatic imine (C=N–C) groups is 1. The fraction of sp³-hybridized carbons (Fsp3) is 0.412. The van der Waals surface area contributed by atoms with Crippen LogP contribution in [0.4, 0.5) is 11.4 Å². The topological polar surface area (TPSA) is 202 Å². The monoisotopic (exact) mass is 690 g/mol. The van der Waals surface area contributed by atoms with Crippen molar-refractivity contribution < 1.29 is 19.5 Å². The molecule has 2 aliphatic carbocycles. The molecule has 2 unspecified atom stereocenters. The molecule has 12 nitrogen and oxygen atoms in total. The Labute approximate surface area is 288 Å². The largest absolute Gasteiger partial charge is 0.506 e. The van der Waals surface area contributed by atoms with E-state index in [2.05, 4.69) is 61.7 Å². The molecule has 0 radical (unpaired) electrons. The predicted molar refractivity (Wildman–Crippen MR) is 196 cm³/mol. The molecular weight excluding hydrogens is 649 g/mol. The Morgan fingerprint density at radius 2 is 1.56 bits per heavy atom. The number of aliphatic hydroxyl groups is 1. The summed E-state index contributed by atoms with van der Waals surface area (Å²) in [5, 5.41) is 29.2. The molecular formula is C34H42N8O4S2. The van der Waals surface area contributed by atoms with Crippen LogP contribution < -0.4 is 21.7 Å². The van der Waals surface area contributed by atoms with Gasteiger partial charge in [0.25, 0.3) is 5.91 Å². The minimum Gasteiger partial charge on any atom is -0.506 e. The molecule has 48 heavy (non-hydrogen) atoms. The number of aliphatic hydroxyl groups excluding tert-OH is 1. The quantitative estimate of drug-likeness (QED) is 0.142. The third-order valence-electron chi connectivity index (χ3n) is 10.3. The number of amides is 2. The molecule has 1 aromatic carbocycles. The van der Waals surface area contributed by atoms with Gasteiger partial charge in [0.2, 0.25) is 11.7 Å². The number of amidine groups is 2. The van der Waals surface area contributed by atoms with E-state index in [0.29, 0.717) is 16.8 Å². The number of thioether (sulfide) groups is 2. The summed E-state index contributed by atoms with van der Waals surface area (Å²) in [7, 11) is 3.94. The molecule has 2 heterocycles. The Hall–Kier alpha value is -4.30. The number of allylic oxidation sites excluding steroid dienone is 6. The lowest BCUT2D eigenvalue weighted by Crippen LogP contribution is -2.36. The third kappa shape index (κ3) is 5.74. The Kier molecular flexibility index (Phi) is 8.97. The summed E-state index contributed by atoms with van der Waals surface area (Å²) in [6.07, 6.45) is 3.61. The average molecular weight is 691 g/mol. The fourth-order valence-electron chi connectivity index (χ4n) is 6.76. The molecule has 4 aliphatic rings. The van der Waals surface area contributed by atoms with E-state index in [9.17, 15) is 19.5 Å². The lowest BCUT2D eigenvalue weighted by Gasteiger charge is -2.30. The first-order valence-electron chi connectivity index (χ1n) is 15.5. The highest BCUT2D eigenvalue weighted by Crippen LogP contribution is 2.52. The van der Waals surface area contributed by atoms with E-state index in [0.717, 1.165) is 46.0 Å². The highest BCUT2D eigenvalue weighted by atomic mass is 32.2. The van der Waals surface area contributed by atoms with Gasteiger partial charge in [0.15, 0.2) is 10.3 Å². The number of nitrogens with zero attached hydrogens (tertiary/aromatic N) is 3. The van der Waals surface area contributed by atoms with Gasteiger partial charge in [-0.3, -0.25) is 25.2 Å². The molecule has 2 aliphatic heterocycles. The lowest BCUT2D eigenvalue weighted by atomic mass is 9.73. The van der Waals surface area contributed by atoms with Gasteiger partial charge in [0, 0.05) is 59.5 Å². The van der Waals surface area contributed by atoms with Crippen molar-refractivity contribution in [2.45, 2.75) is 59.0 Å². The van der Waals surface area contributed by atoms with Crippen LogP contribution in [0.15, 0.2) is 57.5 Å². The minimum absolute atomic E-state index is 0.0335. The molecule has 0 bridgehead atoms. The van der Waals surface area contributed by atoms with E-state index < -0.39 is 17.6 Å². The van der Waals surface area contributed by atoms with Gasteiger partial charge < -0.3 is 31.7 Å². The maximum atomic E-state index is 14.2. The molecule has 1 fully saturated rings. The number of benzene rings is 1. The van der Waals surface area contributed by atoms with Crippen molar-refractivity contribution in [1.29, 1.82) is 10.8 Å². The van der Waals surface area contributed by atoms with Crippen LogP contribution in [0.3, 0.4) is 0 Å². The van der Waals surface area contributed by atoms with Gasteiger partial charge in [-0.05, 0) is 49.3 Å². The van der Waals surface area contributed by atoms with Gasteiger partial charge in [-0.15, -0.1) is 0 Å². The molecule has 2 atom stereocenters. The van der Waals surface area contributed by atoms with Crippen LogP contribution in [-0.4, -0.2) is 81.3 Å². The van der Waals surface area contributed by atoms with Gasteiger partial charge in [-0.25, -0.2) is 4.99 Å². The van der Waals surface area contributed by atoms with E-state index in [1.807, 2.05) is 32.3 Å². The van der Waals surface area contributed by atoms with Crippen LogP contribution in [0, 0.1) is 16.2 Å². The number of likely N-dealkylation sites (tertiary alicyclic amines) is 1. The van der Waals surface area contributed by atoms with Crippen molar-refractivity contribution in [2.75, 3.05) is 35.8 Å². The number of carbonyl (C=O) groups excluding carboxylic acids is 3. The number of hydrogen-bond acceptors (Lipinski definition) is 10. The van der Waals surface area contributed by atoms with Crippen LogP contribution in [0.5, 0.6) is 0 Å². The Morgan fingerprint density at radius 3 is 2.17 bits per heavy atom. The zero-order valence-electron chi connectivity index (χ0n) is 28.4. The summed E-state index contributed by atoms with van der Waals surface area (Å²) in [6.45, 7) is 12.6. The number of Topliss-reactive ketones (excluding diaryl/α,β-unsaturated/α-hetero) is 1. The number of rotatable bonds is 6. The maximum absolute atomic E-state index is 14.2. The zero-order chi connectivity index (χ0) is 35.6. The van der Waals surface area contributed by atoms with Crippen molar-refractivity contribution in [3.63, 3.8) is 0 Å². The number of hydrogen-bond donors (Lipinski definition) is 6. The highest BCUT2D eigenvalue weighted by Gasteiger charge is 2.47. The summed E-state index contributed by atoms with van der Waals surface area (Å²) >= 11 is 1.74. The van der Waals surface area contributed by atoms with Crippen LogP contribution in [0.2, 0.25) is 0 Å². The number of anilines is 2. The summed E-state index contributed by atoms with van der Waals surface area (Å²) < 4.78 is 0. The van der Waals surface area contributed by atoms with Crippen molar-refractivity contribution in [2.24, 2.45) is 21.9 Å². The molecule has 8 N–H and O–H groups in total. The summed E-state index contributed by atoms with van der Waals surface area (Å²) in [5.41, 5.74) is 15.3. The first-order valence-corrected chi connectivity index (χ1v) is 17.4. The standard InChI is InChI=1S/C34H42N8O4S2/c1-15-33(3,4)19-9-17(21(11-23(19)41(15)7)39-25(43)13-47-31(35)36)27-29(45)28(30(27)46)18-10-20-24(42(8)16(2)34(20,5)6)12-22(18)40-26(44)14-48-32(37)38/h9-12,15-16,45H,13-14H2,1-8H3,(H3,35,36)(H3,37,38)(H,39,43)/b28-18-,40-22?. The van der Waals surface area contributed by atoms with E-state index in [4.69, 9.17) is 22.3 Å². The van der Waals surface area contributed by atoms with E-state index >= 15 is 0 Å². The molecule has 1 saturated heterocycles. The second kappa shape index (κ2) is 12.3. The van der Waals surface area contributed by atoms with Gasteiger partial charge in [0.1, 0.15) is 5.76 Å². The second-order valence-electron chi connectivity index (χ2n) is 13.6. The number of ketones is 1. The van der Waals surface area contributed by atoms with Crippen molar-refractivity contribution in [3.05, 3.63) is 63.6 Å². The van der Waals surface area contributed by atoms with Crippen LogP contribution in [-0.2, 0) is 19.8 Å². The predicted octanol–water partition coefficient (Wildman–Crippen LogP) is 4.29. The van der Waals surface area contributed by atoms with E-state index in [1.165, 1.54) is 0 Å². The van der Waals surface area contributed by atoms with Crippen LogP contribution >= 0.6 is 23.5 Å². The SMILES string of the molecule is CC1N(C)C2=CC(=NC(=O)CSC(=N)N)/C(=C3\C(=O)C(c4cc5c(cc4NC(=O)CSC(=N)N)N(C)C(C)C5(C)C)=C3O)C=C2C1(C)C. The number of nitrogens with one attached hydrogen (secondary N) is 3. The first kappa shape index (κ1) is 35.0. The smallest absolute Gasteiger partial charge is 0.256 e. The highest BCUT2D eigenvalue weighted by molar-refractivity contribution is 8.14.